The Bertz CT molecular complexity index is 3650. The van der Waals surface area contributed by atoms with E-state index in [0.29, 0.717) is 0 Å². The molecule has 2 aliphatic carbocycles. The molecule has 6 aromatic carbocycles. The lowest BCUT2D eigenvalue weighted by molar-refractivity contribution is 0.195. The first-order chi connectivity index (χ1) is 37.7. The molecule has 1 aromatic heterocycles. The average Bonchev–Trinajstić information content (AvgIpc) is 3.85. The molecule has 0 spiro atoms. The van der Waals surface area contributed by atoms with Crippen LogP contribution in [0.5, 0.6) is 0 Å². The van der Waals surface area contributed by atoms with Crippen LogP contribution in [0.3, 0.4) is 0 Å². The quantitative estimate of drug-likeness (QED) is 0.117. The van der Waals surface area contributed by atoms with Gasteiger partial charge in [0.2, 0.25) is 0 Å². The summed E-state index contributed by atoms with van der Waals surface area (Å²) in [6.45, 7) is 38.8. The number of hydrogen-bond donors (Lipinski definition) is 0. The van der Waals surface area contributed by atoms with Gasteiger partial charge in [-0.1, -0.05) is 183 Å². The number of nitrogens with zero attached hydrogens (tertiary/aromatic N) is 4. The number of aryl methyl sites for hydroxylation is 1. The Hall–Kier alpha value is -6.59. The maximum atomic E-state index is 4.55. The van der Waals surface area contributed by atoms with E-state index in [1.165, 1.54) is 125 Å². The highest BCUT2D eigenvalue weighted by Crippen LogP contribution is 2.62. The molecule has 0 saturated heterocycles. The summed E-state index contributed by atoms with van der Waals surface area (Å²) in [7, 11) is 0. The lowest BCUT2D eigenvalue weighted by atomic mass is 9.33. The van der Waals surface area contributed by atoms with Gasteiger partial charge in [-0.2, -0.15) is 0 Å². The van der Waals surface area contributed by atoms with E-state index < -0.39 is 0 Å². The van der Waals surface area contributed by atoms with Crippen molar-refractivity contribution in [1.29, 1.82) is 0 Å². The molecule has 2 atom stereocenters. The van der Waals surface area contributed by atoms with Crippen molar-refractivity contribution in [2.75, 3.05) is 14.7 Å². The predicted octanol–water partition coefficient (Wildman–Crippen LogP) is 18.2. The molecule has 80 heavy (non-hydrogen) atoms. The molecule has 0 bridgehead atoms. The van der Waals surface area contributed by atoms with Gasteiger partial charge in [0.05, 0.1) is 5.54 Å². The Labute approximate surface area is 481 Å². The van der Waals surface area contributed by atoms with E-state index in [1.54, 1.807) is 0 Å². The molecular formula is C75H87BN4. The predicted molar refractivity (Wildman–Crippen MR) is 345 cm³/mol. The van der Waals surface area contributed by atoms with Crippen LogP contribution in [-0.2, 0) is 33.5 Å². The molecule has 1 saturated carbocycles. The number of hydrogen-bond acceptors (Lipinski definition) is 4. The molecule has 3 aliphatic heterocycles. The van der Waals surface area contributed by atoms with E-state index in [-0.39, 0.29) is 44.7 Å². The lowest BCUT2D eigenvalue weighted by Gasteiger charge is -2.51. The molecule has 0 N–H and O–H groups in total. The van der Waals surface area contributed by atoms with Crippen LogP contribution in [0.1, 0.15) is 181 Å². The highest BCUT2D eigenvalue weighted by molar-refractivity contribution is 7.00. The number of aromatic nitrogens is 1. The Morgan fingerprint density at radius 3 is 1.94 bits per heavy atom. The van der Waals surface area contributed by atoms with Gasteiger partial charge < -0.3 is 14.7 Å². The van der Waals surface area contributed by atoms with Gasteiger partial charge in [0, 0.05) is 63.8 Å². The minimum Gasteiger partial charge on any atom is -0.334 e. The molecule has 410 valence electrons. The Balaban J connectivity index is 1.15. The summed E-state index contributed by atoms with van der Waals surface area (Å²) in [5.41, 5.74) is 26.3. The van der Waals surface area contributed by atoms with E-state index >= 15 is 0 Å². The molecule has 0 radical (unpaired) electrons. The van der Waals surface area contributed by atoms with Gasteiger partial charge in [0.1, 0.15) is 0 Å². The second-order valence-electron chi connectivity index (χ2n) is 29.6. The van der Waals surface area contributed by atoms with Crippen LogP contribution in [0.25, 0.3) is 11.1 Å². The molecule has 12 rings (SSSR count). The number of anilines is 7. The molecule has 2 unspecified atom stereocenters. The lowest BCUT2D eigenvalue weighted by Crippen LogP contribution is -2.62. The van der Waals surface area contributed by atoms with Crippen molar-refractivity contribution in [2.24, 2.45) is 5.41 Å². The molecule has 5 aliphatic rings. The maximum Gasteiger partial charge on any atom is 0.252 e. The van der Waals surface area contributed by atoms with Crippen molar-refractivity contribution in [1.82, 2.24) is 4.98 Å². The van der Waals surface area contributed by atoms with Gasteiger partial charge in [0.15, 0.2) is 0 Å². The zero-order valence-electron chi connectivity index (χ0n) is 51.2. The summed E-state index contributed by atoms with van der Waals surface area (Å²) in [4.78, 5) is 12.7. The molecule has 5 heteroatoms. The van der Waals surface area contributed by atoms with Gasteiger partial charge in [-0.15, -0.1) is 0 Å². The highest BCUT2D eigenvalue weighted by Gasteiger charge is 2.58. The second kappa shape index (κ2) is 18.7. The first-order valence-electron chi connectivity index (χ1n) is 30.2. The van der Waals surface area contributed by atoms with E-state index in [0.717, 1.165) is 32.1 Å². The monoisotopic (exact) mass is 1050 g/mol. The van der Waals surface area contributed by atoms with Crippen molar-refractivity contribution < 1.29 is 0 Å². The third kappa shape index (κ3) is 8.73. The fourth-order valence-electron chi connectivity index (χ4n) is 14.9. The number of pyridine rings is 1. The van der Waals surface area contributed by atoms with E-state index in [9.17, 15) is 0 Å². The van der Waals surface area contributed by atoms with Gasteiger partial charge in [-0.3, -0.25) is 4.98 Å². The van der Waals surface area contributed by atoms with Crippen molar-refractivity contribution in [3.63, 3.8) is 0 Å². The molecule has 0 amide bonds. The van der Waals surface area contributed by atoms with Crippen LogP contribution < -0.4 is 31.1 Å². The Kier molecular flexibility index (Phi) is 12.7. The van der Waals surface area contributed by atoms with Crippen LogP contribution in [0.15, 0.2) is 158 Å². The Morgan fingerprint density at radius 2 is 1.26 bits per heavy atom. The maximum absolute atomic E-state index is 4.55. The van der Waals surface area contributed by atoms with Crippen LogP contribution >= 0.6 is 0 Å². The summed E-state index contributed by atoms with van der Waals surface area (Å²) >= 11 is 0. The smallest absolute Gasteiger partial charge is 0.252 e. The molecule has 4 heterocycles. The summed E-state index contributed by atoms with van der Waals surface area (Å²) in [6, 6.07) is 48.0. The summed E-state index contributed by atoms with van der Waals surface area (Å²) in [6.07, 6.45) is 19.2. The highest BCUT2D eigenvalue weighted by atomic mass is 15.3. The van der Waals surface area contributed by atoms with E-state index in [1.807, 2.05) is 12.4 Å². The molecular weight excluding hydrogens is 968 g/mol. The van der Waals surface area contributed by atoms with Crippen molar-refractivity contribution in [2.45, 2.75) is 188 Å². The minimum atomic E-state index is -0.141. The first kappa shape index (κ1) is 54.0. The number of allylic oxidation sites excluding steroid dienone is 3. The van der Waals surface area contributed by atoms with Gasteiger partial charge in [-0.05, 0) is 206 Å². The minimum absolute atomic E-state index is 0.00610. The zero-order valence-corrected chi connectivity index (χ0v) is 51.2. The van der Waals surface area contributed by atoms with Gasteiger partial charge in [-0.25, -0.2) is 0 Å². The SMILES string of the molecule is Cc1cc(C(C)(C)C)ccc1N1c2cc(N3c4ccc(-c5cccnc5)cc4C4(C)CCCCC34C)ccc2B2c3cc4c(cc3N(/C=C\C(=C/Cc3ccccc3)C(C)(C)C)c3cc(C(C)(C)C)cc1c32)C(C)(C)CCC4(C)C. The third-order valence-electron chi connectivity index (χ3n) is 20.3. The number of fused-ring (bicyclic) bond motifs is 8. The van der Waals surface area contributed by atoms with Crippen LogP contribution in [0.2, 0.25) is 0 Å². The summed E-state index contributed by atoms with van der Waals surface area (Å²) < 4.78 is 0. The molecule has 4 nitrogen and oxygen atoms in total. The Morgan fingerprint density at radius 1 is 0.575 bits per heavy atom. The van der Waals surface area contributed by atoms with E-state index in [2.05, 4.69) is 270 Å². The zero-order chi connectivity index (χ0) is 56.7. The standard InChI is InChI=1S/C75H87BN4/c1-49-41-54(70(5,6)7)29-33-62(49)79-65-45-56(80-63-32-27-51(52-25-22-39-77-48-52)42-59(63)74(15)35-20-21-36-75(74,80)16)30-31-60(65)76-61-46-57-58(73(13,14)38-37-72(57,11)12)47-64(61)78(66-43-55(71(8,9)10)44-67(79)68(66)76)40-34-53(69(2,3)4)28-26-50-23-18-17-19-24-50/h17-19,22-25,27-34,39-48H,20-21,26,35-38H2,1-16H3/b40-34-,53-28+. The molecule has 7 aromatic rings. The summed E-state index contributed by atoms with van der Waals surface area (Å²) in [5, 5.41) is 0. The van der Waals surface area contributed by atoms with Crippen molar-refractivity contribution in [3.05, 3.63) is 197 Å². The third-order valence-corrected chi connectivity index (χ3v) is 20.3. The number of benzene rings is 6. The number of rotatable bonds is 7. The normalized spacial score (nSPS) is 21.0. The van der Waals surface area contributed by atoms with Crippen LogP contribution in [0.4, 0.5) is 39.8 Å². The fraction of sp³-hybridized carbons (Fsp3) is 0.400. The second-order valence-corrected chi connectivity index (χ2v) is 29.6. The topological polar surface area (TPSA) is 22.6 Å². The van der Waals surface area contributed by atoms with Gasteiger partial charge >= 0.3 is 0 Å². The van der Waals surface area contributed by atoms with E-state index in [4.69, 9.17) is 0 Å². The van der Waals surface area contributed by atoms with Crippen LogP contribution in [-0.4, -0.2) is 17.2 Å². The summed E-state index contributed by atoms with van der Waals surface area (Å²) in [5.74, 6) is 0. The average molecular weight is 1060 g/mol. The molecule has 1 fully saturated rings. The van der Waals surface area contributed by atoms with Crippen LogP contribution in [0, 0.1) is 12.3 Å². The first-order valence-corrected chi connectivity index (χ1v) is 30.2. The van der Waals surface area contributed by atoms with Crippen molar-refractivity contribution >= 4 is 62.9 Å². The largest absolute Gasteiger partial charge is 0.334 e. The fourth-order valence-corrected chi connectivity index (χ4v) is 14.9. The van der Waals surface area contributed by atoms with Crippen molar-refractivity contribution in [3.8, 4) is 11.1 Å². The van der Waals surface area contributed by atoms with Gasteiger partial charge in [0.25, 0.3) is 6.71 Å².